The van der Waals surface area contributed by atoms with Gasteiger partial charge in [-0.15, -0.1) is 12.4 Å². The standard InChI is InChI=1S/C12H8N2.ClH/c1-2-4-11-9(3-1)7-10-5-6-13-12(10)8-14-11;/h1-8H;1H. The third-order valence-corrected chi connectivity index (χ3v) is 2.34. The Labute approximate surface area is 93.7 Å². The lowest BCUT2D eigenvalue weighted by Gasteiger charge is -1.88. The SMILES string of the molecule is Cl.c1ccc2ncc3nccc-3cc2c1. The van der Waals surface area contributed by atoms with Crippen molar-refractivity contribution in [2.75, 3.05) is 0 Å². The molecule has 0 fully saturated rings. The maximum atomic E-state index is 4.38. The van der Waals surface area contributed by atoms with Crippen LogP contribution >= 0.6 is 12.4 Å². The van der Waals surface area contributed by atoms with Crippen LogP contribution in [0.15, 0.2) is 48.8 Å². The second-order valence-corrected chi connectivity index (χ2v) is 3.25. The number of halogens is 1. The van der Waals surface area contributed by atoms with E-state index in [9.17, 15) is 0 Å². The van der Waals surface area contributed by atoms with Crippen molar-refractivity contribution in [3.05, 3.63) is 48.8 Å². The molecule has 74 valence electrons. The summed E-state index contributed by atoms with van der Waals surface area (Å²) in [6, 6.07) is 12.2. The summed E-state index contributed by atoms with van der Waals surface area (Å²) in [6.45, 7) is 0. The van der Waals surface area contributed by atoms with Crippen molar-refractivity contribution in [2.24, 2.45) is 0 Å². The quantitative estimate of drug-likeness (QED) is 0.577. The van der Waals surface area contributed by atoms with E-state index >= 15 is 0 Å². The molecule has 2 aliphatic rings. The summed E-state index contributed by atoms with van der Waals surface area (Å²) in [6.07, 6.45) is 3.62. The molecule has 3 heteroatoms. The summed E-state index contributed by atoms with van der Waals surface area (Å²) in [5.41, 5.74) is 3.09. The van der Waals surface area contributed by atoms with Crippen LogP contribution in [0, 0.1) is 0 Å². The van der Waals surface area contributed by atoms with Crippen LogP contribution in [0.2, 0.25) is 0 Å². The van der Waals surface area contributed by atoms with Gasteiger partial charge >= 0.3 is 0 Å². The van der Waals surface area contributed by atoms with Gasteiger partial charge in [0.2, 0.25) is 0 Å². The molecule has 0 saturated carbocycles. The molecule has 0 atom stereocenters. The van der Waals surface area contributed by atoms with E-state index in [4.69, 9.17) is 0 Å². The first kappa shape index (κ1) is 9.87. The summed E-state index contributed by atoms with van der Waals surface area (Å²) < 4.78 is 0. The lowest BCUT2D eigenvalue weighted by atomic mass is 10.2. The molecule has 0 aromatic heterocycles. The van der Waals surface area contributed by atoms with E-state index in [1.54, 1.807) is 6.20 Å². The fourth-order valence-corrected chi connectivity index (χ4v) is 1.61. The van der Waals surface area contributed by atoms with Crippen molar-refractivity contribution in [3.8, 4) is 11.3 Å². The summed E-state index contributed by atoms with van der Waals surface area (Å²) in [5.74, 6) is 0. The number of nitrogens with zero attached hydrogens (tertiary/aromatic N) is 2. The van der Waals surface area contributed by atoms with Gasteiger partial charge in [0.25, 0.3) is 0 Å². The lowest BCUT2D eigenvalue weighted by molar-refractivity contribution is 1.35. The van der Waals surface area contributed by atoms with Crippen molar-refractivity contribution >= 4 is 23.3 Å². The number of para-hydroxylation sites is 1. The average Bonchev–Trinajstić information content (AvgIpc) is 2.58. The summed E-state index contributed by atoms with van der Waals surface area (Å²) in [5, 5.41) is 1.15. The smallest absolute Gasteiger partial charge is 0.0885 e. The van der Waals surface area contributed by atoms with Crippen LogP contribution in [-0.4, -0.2) is 9.97 Å². The Hall–Kier alpha value is -1.67. The van der Waals surface area contributed by atoms with E-state index in [1.165, 1.54) is 0 Å². The molecule has 15 heavy (non-hydrogen) atoms. The molecule has 0 unspecified atom stereocenters. The van der Waals surface area contributed by atoms with E-state index in [0.29, 0.717) is 0 Å². The van der Waals surface area contributed by atoms with Crippen LogP contribution in [-0.2, 0) is 0 Å². The van der Waals surface area contributed by atoms with E-state index in [0.717, 1.165) is 22.2 Å². The minimum absolute atomic E-state index is 0. The van der Waals surface area contributed by atoms with Crippen molar-refractivity contribution in [1.29, 1.82) is 0 Å². The van der Waals surface area contributed by atoms with Gasteiger partial charge in [0.1, 0.15) is 0 Å². The summed E-state index contributed by atoms with van der Waals surface area (Å²) >= 11 is 0. The van der Waals surface area contributed by atoms with E-state index in [1.807, 2.05) is 30.5 Å². The second kappa shape index (κ2) is 3.83. The number of hydrogen-bond acceptors (Lipinski definition) is 2. The molecule has 0 bridgehead atoms. The van der Waals surface area contributed by atoms with Crippen LogP contribution < -0.4 is 0 Å². The Morgan fingerprint density at radius 3 is 2.73 bits per heavy atom. The predicted octanol–water partition coefficient (Wildman–Crippen LogP) is 3.16. The van der Waals surface area contributed by atoms with E-state index in [-0.39, 0.29) is 12.4 Å². The molecule has 2 nitrogen and oxygen atoms in total. The highest BCUT2D eigenvalue weighted by Gasteiger charge is 2.02. The highest BCUT2D eigenvalue weighted by Crippen LogP contribution is 2.21. The third-order valence-electron chi connectivity index (χ3n) is 2.34. The second-order valence-electron chi connectivity index (χ2n) is 3.25. The van der Waals surface area contributed by atoms with Gasteiger partial charge in [-0.25, -0.2) is 0 Å². The molecule has 3 rings (SSSR count). The minimum Gasteiger partial charge on any atom is -0.255 e. The van der Waals surface area contributed by atoms with Gasteiger partial charge in [-0.1, -0.05) is 18.2 Å². The largest absolute Gasteiger partial charge is 0.255 e. The van der Waals surface area contributed by atoms with E-state index in [2.05, 4.69) is 22.1 Å². The van der Waals surface area contributed by atoms with Crippen LogP contribution in [0.4, 0.5) is 0 Å². The number of fused-ring (bicyclic) bond motifs is 2. The summed E-state index contributed by atoms with van der Waals surface area (Å²) in [7, 11) is 0. The van der Waals surface area contributed by atoms with Crippen LogP contribution in [0.5, 0.6) is 0 Å². The molecule has 0 amide bonds. The number of rotatable bonds is 0. The number of benzene rings is 1. The van der Waals surface area contributed by atoms with Crippen molar-refractivity contribution in [3.63, 3.8) is 0 Å². The molecule has 0 N–H and O–H groups in total. The first-order valence-electron chi connectivity index (χ1n) is 4.53. The zero-order valence-corrected chi connectivity index (χ0v) is 8.74. The van der Waals surface area contributed by atoms with Crippen LogP contribution in [0.3, 0.4) is 0 Å². The Morgan fingerprint density at radius 2 is 1.80 bits per heavy atom. The fourth-order valence-electron chi connectivity index (χ4n) is 1.61. The first-order valence-corrected chi connectivity index (χ1v) is 4.53. The Morgan fingerprint density at radius 1 is 0.933 bits per heavy atom. The van der Waals surface area contributed by atoms with Gasteiger partial charge in [0.05, 0.1) is 17.4 Å². The van der Waals surface area contributed by atoms with Crippen molar-refractivity contribution in [1.82, 2.24) is 9.97 Å². The molecule has 0 aliphatic carbocycles. The van der Waals surface area contributed by atoms with Crippen LogP contribution in [0.1, 0.15) is 0 Å². The third kappa shape index (κ3) is 1.64. The molecule has 0 saturated heterocycles. The predicted molar refractivity (Wildman–Crippen MR) is 63.4 cm³/mol. The maximum Gasteiger partial charge on any atom is 0.0885 e. The monoisotopic (exact) mass is 216 g/mol. The van der Waals surface area contributed by atoms with Gasteiger partial charge in [-0.3, -0.25) is 9.97 Å². The average molecular weight is 217 g/mol. The topological polar surface area (TPSA) is 25.8 Å². The van der Waals surface area contributed by atoms with Gasteiger partial charge in [-0.2, -0.15) is 0 Å². The zero-order valence-electron chi connectivity index (χ0n) is 7.92. The zero-order chi connectivity index (χ0) is 9.38. The van der Waals surface area contributed by atoms with E-state index < -0.39 is 0 Å². The highest BCUT2D eigenvalue weighted by molar-refractivity contribution is 5.85. The number of aromatic nitrogens is 2. The molecule has 1 aromatic carbocycles. The van der Waals surface area contributed by atoms with Gasteiger partial charge in [0, 0.05) is 17.1 Å². The molecule has 1 aromatic rings. The molecule has 2 heterocycles. The molecule has 2 aliphatic heterocycles. The first-order chi connectivity index (χ1) is 6.93. The molecular formula is C12H9ClN2. The molecule has 0 spiro atoms. The van der Waals surface area contributed by atoms with Crippen LogP contribution in [0.25, 0.3) is 22.2 Å². The van der Waals surface area contributed by atoms with Crippen molar-refractivity contribution in [2.45, 2.75) is 0 Å². The maximum absolute atomic E-state index is 4.38. The normalized spacial score (nSPS) is 10.1. The Bertz CT molecular complexity index is 565. The Balaban J connectivity index is 0.000000853. The van der Waals surface area contributed by atoms with Gasteiger partial charge in [0.15, 0.2) is 0 Å². The number of hydrogen-bond donors (Lipinski definition) is 0. The molecule has 0 radical (unpaired) electrons. The van der Waals surface area contributed by atoms with Gasteiger partial charge < -0.3 is 0 Å². The minimum atomic E-state index is 0. The molecular weight excluding hydrogens is 208 g/mol. The summed E-state index contributed by atoms with van der Waals surface area (Å²) in [4.78, 5) is 8.60. The van der Waals surface area contributed by atoms with Crippen molar-refractivity contribution < 1.29 is 0 Å². The van der Waals surface area contributed by atoms with Gasteiger partial charge in [-0.05, 0) is 18.2 Å². The fraction of sp³-hybridized carbons (Fsp3) is 0. The highest BCUT2D eigenvalue weighted by atomic mass is 35.5. The Kier molecular flexibility index (Phi) is 2.52. The lowest BCUT2D eigenvalue weighted by Crippen LogP contribution is -1.69.